The number of anilines is 1. The molecule has 0 aliphatic heterocycles. The maximum absolute atomic E-state index is 8.76. The molecule has 0 fully saturated rings. The summed E-state index contributed by atoms with van der Waals surface area (Å²) in [7, 11) is 0. The third-order valence-corrected chi connectivity index (χ3v) is 3.07. The molecule has 0 bridgehead atoms. The van der Waals surface area contributed by atoms with Crippen LogP contribution in [-0.2, 0) is 6.54 Å². The van der Waals surface area contributed by atoms with Gasteiger partial charge in [-0.05, 0) is 36.8 Å². The summed E-state index contributed by atoms with van der Waals surface area (Å²) in [4.78, 5) is 0. The van der Waals surface area contributed by atoms with Crippen LogP contribution >= 0.6 is 11.6 Å². The van der Waals surface area contributed by atoms with Crippen LogP contribution in [-0.4, -0.2) is 0 Å². The fraction of sp³-hybridized carbons (Fsp3) is 0.133. The zero-order valence-corrected chi connectivity index (χ0v) is 10.8. The topological polar surface area (TPSA) is 35.8 Å². The average molecular weight is 257 g/mol. The summed E-state index contributed by atoms with van der Waals surface area (Å²) in [5.41, 5.74) is 3.85. The second-order valence-electron chi connectivity index (χ2n) is 4.14. The van der Waals surface area contributed by atoms with Crippen molar-refractivity contribution in [2.75, 3.05) is 5.32 Å². The van der Waals surface area contributed by atoms with Gasteiger partial charge in [0.05, 0.1) is 11.6 Å². The molecule has 0 aliphatic carbocycles. The highest BCUT2D eigenvalue weighted by atomic mass is 35.5. The van der Waals surface area contributed by atoms with E-state index in [4.69, 9.17) is 16.9 Å². The lowest BCUT2D eigenvalue weighted by Gasteiger charge is -2.08. The van der Waals surface area contributed by atoms with Crippen LogP contribution in [0.5, 0.6) is 0 Å². The lowest BCUT2D eigenvalue weighted by Crippen LogP contribution is -2.00. The Balaban J connectivity index is 2.06. The molecule has 0 radical (unpaired) electrons. The summed E-state index contributed by atoms with van der Waals surface area (Å²) < 4.78 is 0. The Hall–Kier alpha value is -1.98. The number of hydrogen-bond donors (Lipinski definition) is 1. The molecule has 2 aromatic carbocycles. The highest BCUT2D eigenvalue weighted by Gasteiger charge is 2.01. The molecule has 0 atom stereocenters. The first-order valence-corrected chi connectivity index (χ1v) is 6.06. The quantitative estimate of drug-likeness (QED) is 0.896. The van der Waals surface area contributed by atoms with E-state index in [1.165, 1.54) is 5.56 Å². The van der Waals surface area contributed by atoms with Crippen molar-refractivity contribution in [3.8, 4) is 6.07 Å². The minimum absolute atomic E-state index is 0.582. The van der Waals surface area contributed by atoms with Crippen LogP contribution in [0.4, 0.5) is 5.69 Å². The standard InChI is InChI=1S/C15H13ClN2/c1-11-2-6-14(7-3-11)18-10-13-5-4-12(9-17)8-15(13)16/h2-8,18H,10H2,1H3. The molecule has 0 aromatic heterocycles. The van der Waals surface area contributed by atoms with E-state index >= 15 is 0 Å². The van der Waals surface area contributed by atoms with Crippen molar-refractivity contribution in [1.82, 2.24) is 0 Å². The molecule has 0 aliphatic rings. The fourth-order valence-electron chi connectivity index (χ4n) is 1.63. The zero-order chi connectivity index (χ0) is 13.0. The number of aryl methyl sites for hydroxylation is 1. The van der Waals surface area contributed by atoms with E-state index in [1.807, 2.05) is 18.2 Å². The first kappa shape index (κ1) is 12.5. The number of halogens is 1. The third kappa shape index (κ3) is 3.03. The van der Waals surface area contributed by atoms with Gasteiger partial charge in [-0.2, -0.15) is 5.26 Å². The lowest BCUT2D eigenvalue weighted by atomic mass is 10.1. The van der Waals surface area contributed by atoms with Gasteiger partial charge in [0.25, 0.3) is 0 Å². The average Bonchev–Trinajstić information content (AvgIpc) is 2.39. The number of rotatable bonds is 3. The van der Waals surface area contributed by atoms with Crippen molar-refractivity contribution >= 4 is 17.3 Å². The Morgan fingerprint density at radius 3 is 2.50 bits per heavy atom. The number of benzene rings is 2. The van der Waals surface area contributed by atoms with Gasteiger partial charge < -0.3 is 5.32 Å². The van der Waals surface area contributed by atoms with Gasteiger partial charge in [0.1, 0.15) is 0 Å². The van der Waals surface area contributed by atoms with E-state index in [1.54, 1.807) is 12.1 Å². The van der Waals surface area contributed by atoms with Gasteiger partial charge >= 0.3 is 0 Å². The molecule has 2 nitrogen and oxygen atoms in total. The molecule has 90 valence electrons. The second kappa shape index (κ2) is 5.57. The van der Waals surface area contributed by atoms with Crippen molar-refractivity contribution in [3.63, 3.8) is 0 Å². The molecule has 3 heteroatoms. The van der Waals surface area contributed by atoms with Crippen LogP contribution in [0, 0.1) is 18.3 Å². The largest absolute Gasteiger partial charge is 0.381 e. The number of nitrogens with one attached hydrogen (secondary N) is 1. The van der Waals surface area contributed by atoms with Crippen molar-refractivity contribution < 1.29 is 0 Å². The van der Waals surface area contributed by atoms with Gasteiger partial charge in [0.2, 0.25) is 0 Å². The summed E-state index contributed by atoms with van der Waals surface area (Å²) in [6.45, 7) is 2.70. The first-order chi connectivity index (χ1) is 8.69. The summed E-state index contributed by atoms with van der Waals surface area (Å²) in [5.74, 6) is 0. The van der Waals surface area contributed by atoms with E-state index in [2.05, 4.69) is 30.4 Å². The molecule has 0 amide bonds. The molecule has 18 heavy (non-hydrogen) atoms. The predicted octanol–water partition coefficient (Wildman–Crippen LogP) is 4.13. The summed E-state index contributed by atoms with van der Waals surface area (Å²) in [5, 5.41) is 12.7. The van der Waals surface area contributed by atoms with E-state index in [-0.39, 0.29) is 0 Å². The van der Waals surface area contributed by atoms with E-state index in [0.29, 0.717) is 17.1 Å². The van der Waals surface area contributed by atoms with Crippen LogP contribution in [0.15, 0.2) is 42.5 Å². The second-order valence-corrected chi connectivity index (χ2v) is 4.54. The van der Waals surface area contributed by atoms with Crippen LogP contribution in [0.25, 0.3) is 0 Å². The normalized spacial score (nSPS) is 9.83. The molecule has 0 unspecified atom stereocenters. The molecule has 2 aromatic rings. The van der Waals surface area contributed by atoms with Gasteiger partial charge in [-0.1, -0.05) is 35.4 Å². The maximum Gasteiger partial charge on any atom is 0.0992 e. The third-order valence-electron chi connectivity index (χ3n) is 2.72. The molecule has 0 saturated carbocycles. The number of hydrogen-bond acceptors (Lipinski definition) is 2. The Labute approximate surface area is 112 Å². The van der Waals surface area contributed by atoms with Crippen LogP contribution in [0.1, 0.15) is 16.7 Å². The lowest BCUT2D eigenvalue weighted by molar-refractivity contribution is 1.15. The van der Waals surface area contributed by atoms with Crippen molar-refractivity contribution in [1.29, 1.82) is 5.26 Å². The minimum Gasteiger partial charge on any atom is -0.381 e. The molecule has 1 N–H and O–H groups in total. The van der Waals surface area contributed by atoms with Gasteiger partial charge in [-0.3, -0.25) is 0 Å². The molecule has 2 rings (SSSR count). The Morgan fingerprint density at radius 1 is 1.17 bits per heavy atom. The van der Waals surface area contributed by atoms with Crippen molar-refractivity contribution in [2.45, 2.75) is 13.5 Å². The zero-order valence-electron chi connectivity index (χ0n) is 10.1. The minimum atomic E-state index is 0.582. The van der Waals surface area contributed by atoms with Crippen molar-refractivity contribution in [3.05, 3.63) is 64.2 Å². The summed E-state index contributed by atoms with van der Waals surface area (Å²) in [6, 6.07) is 15.6. The number of nitriles is 1. The summed E-state index contributed by atoms with van der Waals surface area (Å²) in [6.07, 6.45) is 0. The summed E-state index contributed by atoms with van der Waals surface area (Å²) >= 11 is 6.11. The van der Waals surface area contributed by atoms with E-state index in [9.17, 15) is 0 Å². The molecule has 0 spiro atoms. The van der Waals surface area contributed by atoms with Gasteiger partial charge in [0.15, 0.2) is 0 Å². The Kier molecular flexibility index (Phi) is 3.86. The molecule has 0 heterocycles. The van der Waals surface area contributed by atoms with Gasteiger partial charge in [-0.15, -0.1) is 0 Å². The van der Waals surface area contributed by atoms with E-state index < -0.39 is 0 Å². The van der Waals surface area contributed by atoms with Gasteiger partial charge in [0, 0.05) is 17.3 Å². The molecular weight excluding hydrogens is 244 g/mol. The molecular formula is C15H13ClN2. The van der Waals surface area contributed by atoms with Crippen LogP contribution < -0.4 is 5.32 Å². The van der Waals surface area contributed by atoms with Gasteiger partial charge in [-0.25, -0.2) is 0 Å². The highest BCUT2D eigenvalue weighted by Crippen LogP contribution is 2.19. The fourth-order valence-corrected chi connectivity index (χ4v) is 1.88. The van der Waals surface area contributed by atoms with E-state index in [0.717, 1.165) is 11.3 Å². The number of nitrogens with zero attached hydrogens (tertiary/aromatic N) is 1. The Morgan fingerprint density at radius 2 is 1.89 bits per heavy atom. The SMILES string of the molecule is Cc1ccc(NCc2ccc(C#N)cc2Cl)cc1. The first-order valence-electron chi connectivity index (χ1n) is 5.68. The van der Waals surface area contributed by atoms with Crippen LogP contribution in [0.3, 0.4) is 0 Å². The monoisotopic (exact) mass is 256 g/mol. The van der Waals surface area contributed by atoms with Crippen molar-refractivity contribution in [2.24, 2.45) is 0 Å². The molecule has 0 saturated heterocycles. The predicted molar refractivity (Wildman–Crippen MR) is 74.7 cm³/mol. The smallest absolute Gasteiger partial charge is 0.0992 e. The maximum atomic E-state index is 8.76. The van der Waals surface area contributed by atoms with Crippen LogP contribution in [0.2, 0.25) is 5.02 Å². The highest BCUT2D eigenvalue weighted by molar-refractivity contribution is 6.31. The Bertz CT molecular complexity index is 582.